The van der Waals surface area contributed by atoms with Crippen LogP contribution in [0, 0.1) is 0 Å². The van der Waals surface area contributed by atoms with Crippen molar-refractivity contribution in [2.75, 3.05) is 5.32 Å². The average Bonchev–Trinajstić information content (AvgIpc) is 2.33. The molecule has 0 saturated heterocycles. The van der Waals surface area contributed by atoms with Crippen LogP contribution in [0.2, 0.25) is 15.1 Å². The number of hydrogen-bond donors (Lipinski definition) is 1. The largest absolute Gasteiger partial charge is 0.362 e. The quantitative estimate of drug-likeness (QED) is 0.841. The summed E-state index contributed by atoms with van der Waals surface area (Å²) in [5.41, 5.74) is 0.993. The van der Waals surface area contributed by atoms with Gasteiger partial charge in [0.2, 0.25) is 0 Å². The van der Waals surface area contributed by atoms with E-state index in [4.69, 9.17) is 34.8 Å². The Morgan fingerprint density at radius 1 is 1.11 bits per heavy atom. The van der Waals surface area contributed by atoms with E-state index in [0.29, 0.717) is 20.9 Å². The van der Waals surface area contributed by atoms with Gasteiger partial charge >= 0.3 is 0 Å². The summed E-state index contributed by atoms with van der Waals surface area (Å²) >= 11 is 18.0. The Hall–Kier alpha value is -0.960. The van der Waals surface area contributed by atoms with Crippen molar-refractivity contribution in [3.63, 3.8) is 0 Å². The molecule has 1 aromatic heterocycles. The molecule has 2 rings (SSSR count). The van der Waals surface area contributed by atoms with Gasteiger partial charge in [0.05, 0.1) is 16.1 Å². The van der Waals surface area contributed by atoms with Crippen LogP contribution in [0.25, 0.3) is 0 Å². The highest BCUT2D eigenvalue weighted by atomic mass is 35.5. The molecule has 0 bridgehead atoms. The number of nitrogens with zero attached hydrogens (tertiary/aromatic N) is 1. The highest BCUT2D eigenvalue weighted by Crippen LogP contribution is 2.29. The molecule has 2 nitrogen and oxygen atoms in total. The lowest BCUT2D eigenvalue weighted by Gasteiger charge is -2.17. The van der Waals surface area contributed by atoms with E-state index in [0.717, 1.165) is 5.56 Å². The van der Waals surface area contributed by atoms with Crippen molar-refractivity contribution in [2.45, 2.75) is 13.0 Å². The molecule has 0 saturated carbocycles. The minimum atomic E-state index is 0.00451. The van der Waals surface area contributed by atoms with Gasteiger partial charge in [0.1, 0.15) is 5.82 Å². The first-order chi connectivity index (χ1) is 8.58. The minimum Gasteiger partial charge on any atom is -0.362 e. The monoisotopic (exact) mass is 300 g/mol. The first kappa shape index (κ1) is 13.5. The topological polar surface area (TPSA) is 24.9 Å². The van der Waals surface area contributed by atoms with E-state index in [1.165, 1.54) is 0 Å². The van der Waals surface area contributed by atoms with Crippen molar-refractivity contribution in [3.05, 3.63) is 57.2 Å². The highest BCUT2D eigenvalue weighted by molar-refractivity contribution is 6.36. The Morgan fingerprint density at radius 2 is 1.83 bits per heavy atom. The van der Waals surface area contributed by atoms with Gasteiger partial charge in [-0.25, -0.2) is 4.98 Å². The van der Waals surface area contributed by atoms with Crippen molar-refractivity contribution >= 4 is 40.6 Å². The molecule has 1 N–H and O–H groups in total. The van der Waals surface area contributed by atoms with E-state index in [-0.39, 0.29) is 6.04 Å². The summed E-state index contributed by atoms with van der Waals surface area (Å²) in [4.78, 5) is 4.15. The lowest BCUT2D eigenvalue weighted by molar-refractivity contribution is 0.875. The molecule has 0 aliphatic heterocycles. The van der Waals surface area contributed by atoms with E-state index in [1.54, 1.807) is 12.3 Å². The van der Waals surface area contributed by atoms with Crippen LogP contribution < -0.4 is 5.32 Å². The molecular weight excluding hydrogens is 291 g/mol. The second-order valence-corrected chi connectivity index (χ2v) is 5.12. The van der Waals surface area contributed by atoms with Gasteiger partial charge in [0, 0.05) is 11.2 Å². The van der Waals surface area contributed by atoms with Crippen LogP contribution in [-0.2, 0) is 0 Å². The van der Waals surface area contributed by atoms with Crippen molar-refractivity contribution < 1.29 is 0 Å². The Morgan fingerprint density at radius 3 is 2.50 bits per heavy atom. The highest BCUT2D eigenvalue weighted by Gasteiger charge is 2.11. The van der Waals surface area contributed by atoms with E-state index >= 15 is 0 Å². The zero-order valence-corrected chi connectivity index (χ0v) is 11.9. The van der Waals surface area contributed by atoms with Crippen molar-refractivity contribution in [1.29, 1.82) is 0 Å². The third-order valence-electron chi connectivity index (χ3n) is 2.53. The number of halogens is 3. The molecule has 0 radical (unpaired) electrons. The number of aromatic nitrogens is 1. The minimum absolute atomic E-state index is 0.00451. The number of nitrogens with one attached hydrogen (secondary N) is 1. The maximum absolute atomic E-state index is 6.14. The van der Waals surface area contributed by atoms with Crippen LogP contribution in [0.5, 0.6) is 0 Å². The summed E-state index contributed by atoms with van der Waals surface area (Å²) < 4.78 is 0. The van der Waals surface area contributed by atoms with Gasteiger partial charge in [0.25, 0.3) is 0 Å². The predicted octanol–water partition coefficient (Wildman–Crippen LogP) is 5.21. The lowest BCUT2D eigenvalue weighted by atomic mass is 10.1. The van der Waals surface area contributed by atoms with Gasteiger partial charge < -0.3 is 5.32 Å². The molecule has 0 amide bonds. The summed E-state index contributed by atoms with van der Waals surface area (Å²) in [6, 6.07) is 9.31. The summed E-state index contributed by atoms with van der Waals surface area (Å²) in [5.74, 6) is 0.591. The normalized spacial score (nSPS) is 12.2. The van der Waals surface area contributed by atoms with E-state index in [1.807, 2.05) is 31.2 Å². The van der Waals surface area contributed by atoms with Crippen LogP contribution in [0.15, 0.2) is 36.5 Å². The lowest BCUT2D eigenvalue weighted by Crippen LogP contribution is -2.08. The summed E-state index contributed by atoms with van der Waals surface area (Å²) in [5, 5.41) is 4.92. The van der Waals surface area contributed by atoms with Crippen molar-refractivity contribution in [1.82, 2.24) is 4.98 Å². The van der Waals surface area contributed by atoms with Crippen LogP contribution in [0.3, 0.4) is 0 Å². The second kappa shape index (κ2) is 5.79. The number of benzene rings is 1. The Balaban J connectivity index is 2.21. The van der Waals surface area contributed by atoms with Crippen molar-refractivity contribution in [3.8, 4) is 0 Å². The van der Waals surface area contributed by atoms with Gasteiger partial charge in [-0.15, -0.1) is 0 Å². The first-order valence-electron chi connectivity index (χ1n) is 5.40. The molecule has 1 aromatic carbocycles. The molecule has 1 heterocycles. The fourth-order valence-electron chi connectivity index (χ4n) is 1.63. The molecule has 2 aromatic rings. The maximum atomic E-state index is 6.14. The maximum Gasteiger partial charge on any atom is 0.145 e. The number of anilines is 1. The molecule has 18 heavy (non-hydrogen) atoms. The van der Waals surface area contributed by atoms with Gasteiger partial charge in [-0.2, -0.15) is 0 Å². The van der Waals surface area contributed by atoms with E-state index in [2.05, 4.69) is 10.3 Å². The molecule has 0 aliphatic carbocycles. The predicted molar refractivity (Wildman–Crippen MR) is 77.7 cm³/mol. The number of pyridine rings is 1. The summed E-state index contributed by atoms with van der Waals surface area (Å²) in [7, 11) is 0. The molecule has 0 fully saturated rings. The smallest absolute Gasteiger partial charge is 0.145 e. The van der Waals surface area contributed by atoms with Crippen molar-refractivity contribution in [2.24, 2.45) is 0 Å². The third-order valence-corrected chi connectivity index (χ3v) is 3.37. The van der Waals surface area contributed by atoms with Crippen LogP contribution in [-0.4, -0.2) is 4.98 Å². The van der Waals surface area contributed by atoms with Crippen LogP contribution in [0.1, 0.15) is 18.5 Å². The van der Waals surface area contributed by atoms with Crippen LogP contribution >= 0.6 is 34.8 Å². The zero-order valence-electron chi connectivity index (χ0n) is 9.62. The molecule has 1 atom stereocenters. The van der Waals surface area contributed by atoms with Crippen LogP contribution in [0.4, 0.5) is 5.82 Å². The molecular formula is C13H11Cl3N2. The Bertz CT molecular complexity index is 558. The van der Waals surface area contributed by atoms with Gasteiger partial charge in [-0.05, 0) is 24.6 Å². The summed E-state index contributed by atoms with van der Waals surface area (Å²) in [6.07, 6.45) is 1.55. The molecule has 5 heteroatoms. The first-order valence-corrected chi connectivity index (χ1v) is 6.53. The fraction of sp³-hybridized carbons (Fsp3) is 0.154. The summed E-state index contributed by atoms with van der Waals surface area (Å²) in [6.45, 7) is 1.99. The third kappa shape index (κ3) is 3.08. The average molecular weight is 302 g/mol. The molecule has 0 spiro atoms. The Kier molecular flexibility index (Phi) is 4.33. The fourth-order valence-corrected chi connectivity index (χ4v) is 2.36. The van der Waals surface area contributed by atoms with Gasteiger partial charge in [-0.1, -0.05) is 53.0 Å². The van der Waals surface area contributed by atoms with Gasteiger partial charge in [-0.3, -0.25) is 0 Å². The SMILES string of the molecule is CC(Nc1ncc(Cl)cc1Cl)c1ccccc1Cl. The number of rotatable bonds is 3. The zero-order chi connectivity index (χ0) is 13.1. The van der Waals surface area contributed by atoms with E-state index < -0.39 is 0 Å². The van der Waals surface area contributed by atoms with Gasteiger partial charge in [0.15, 0.2) is 0 Å². The van der Waals surface area contributed by atoms with E-state index in [9.17, 15) is 0 Å². The second-order valence-electron chi connectivity index (χ2n) is 3.87. The standard InChI is InChI=1S/C13H11Cl3N2/c1-8(10-4-2-3-5-11(10)15)18-13-12(16)6-9(14)7-17-13/h2-8H,1H3,(H,17,18). The number of hydrogen-bond acceptors (Lipinski definition) is 2. The Labute approximate surface area is 121 Å². The molecule has 1 unspecified atom stereocenters. The molecule has 94 valence electrons. The molecule has 0 aliphatic rings.